The number of aromatic nitrogens is 2. The Kier molecular flexibility index (Phi) is 3.95. The van der Waals surface area contributed by atoms with E-state index in [-0.39, 0.29) is 29.0 Å². The van der Waals surface area contributed by atoms with E-state index in [1.807, 2.05) is 18.2 Å². The number of nitrogens with one attached hydrogen (secondary N) is 2. The van der Waals surface area contributed by atoms with Crippen LogP contribution in [0.25, 0.3) is 10.8 Å². The van der Waals surface area contributed by atoms with Crippen LogP contribution < -0.4 is 16.4 Å². The Morgan fingerprint density at radius 2 is 1.65 bits per heavy atom. The lowest BCUT2D eigenvalue weighted by Gasteiger charge is -2.17. The number of hydrogen-bond donors (Lipinski definition) is 2. The minimum atomic E-state index is -0.379. The van der Waals surface area contributed by atoms with Crippen LogP contribution >= 0.6 is 0 Å². The SMILES string of the molecule is O=C(Cn1[nH]c(=O)c2ccccc2c1=O)NCC1(c2ccccc2)CC1. The molecule has 0 bridgehead atoms. The van der Waals surface area contributed by atoms with Gasteiger partial charge in [0.15, 0.2) is 0 Å². The van der Waals surface area contributed by atoms with E-state index in [1.165, 1.54) is 5.56 Å². The second kappa shape index (κ2) is 6.29. The smallest absolute Gasteiger partial charge is 0.273 e. The molecule has 6 nitrogen and oxygen atoms in total. The summed E-state index contributed by atoms with van der Waals surface area (Å²) in [4.78, 5) is 36.9. The molecule has 1 aliphatic rings. The first-order valence-electron chi connectivity index (χ1n) is 8.63. The Morgan fingerprint density at radius 1 is 1.00 bits per heavy atom. The van der Waals surface area contributed by atoms with Crippen molar-refractivity contribution in [1.29, 1.82) is 0 Å². The maximum absolute atomic E-state index is 12.5. The molecule has 4 rings (SSSR count). The molecule has 0 saturated heterocycles. The van der Waals surface area contributed by atoms with E-state index in [4.69, 9.17) is 0 Å². The number of amides is 1. The summed E-state index contributed by atoms with van der Waals surface area (Å²) in [6, 6.07) is 16.7. The van der Waals surface area contributed by atoms with E-state index < -0.39 is 0 Å². The molecule has 1 heterocycles. The lowest BCUT2D eigenvalue weighted by Crippen LogP contribution is -2.39. The number of hydrogen-bond acceptors (Lipinski definition) is 3. The van der Waals surface area contributed by atoms with Gasteiger partial charge in [-0.05, 0) is 30.5 Å². The number of rotatable bonds is 5. The number of H-pyrrole nitrogens is 1. The quantitative estimate of drug-likeness (QED) is 0.733. The monoisotopic (exact) mass is 349 g/mol. The van der Waals surface area contributed by atoms with Crippen LogP contribution in [0.5, 0.6) is 0 Å². The standard InChI is InChI=1S/C20H19N3O3/c24-17(21-13-20(10-11-20)14-6-2-1-3-7-14)12-23-19(26)16-9-5-4-8-15(16)18(25)22-23/h1-9H,10-13H2,(H,21,24)(H,22,25). The largest absolute Gasteiger partial charge is 0.354 e. The molecule has 1 fully saturated rings. The summed E-state index contributed by atoms with van der Waals surface area (Å²) in [6.45, 7) is 0.326. The predicted molar refractivity (Wildman–Crippen MR) is 99.2 cm³/mol. The summed E-state index contributed by atoms with van der Waals surface area (Å²) in [7, 11) is 0. The maximum atomic E-state index is 12.5. The third-order valence-electron chi connectivity index (χ3n) is 5.05. The van der Waals surface area contributed by atoms with Crippen molar-refractivity contribution in [3.8, 4) is 0 Å². The first-order valence-corrected chi connectivity index (χ1v) is 8.63. The van der Waals surface area contributed by atoms with Crippen LogP contribution in [0.4, 0.5) is 0 Å². The van der Waals surface area contributed by atoms with Gasteiger partial charge < -0.3 is 5.32 Å². The van der Waals surface area contributed by atoms with Gasteiger partial charge in [-0.15, -0.1) is 0 Å². The van der Waals surface area contributed by atoms with Gasteiger partial charge in [0.25, 0.3) is 11.1 Å². The van der Waals surface area contributed by atoms with Crippen LogP contribution in [-0.2, 0) is 16.8 Å². The van der Waals surface area contributed by atoms with E-state index >= 15 is 0 Å². The van der Waals surface area contributed by atoms with Crippen LogP contribution in [0.3, 0.4) is 0 Å². The van der Waals surface area contributed by atoms with Gasteiger partial charge in [-0.25, -0.2) is 4.68 Å². The molecule has 0 atom stereocenters. The highest BCUT2D eigenvalue weighted by atomic mass is 16.2. The fourth-order valence-electron chi connectivity index (χ4n) is 3.34. The molecular weight excluding hydrogens is 330 g/mol. The molecule has 26 heavy (non-hydrogen) atoms. The molecule has 6 heteroatoms. The highest BCUT2D eigenvalue weighted by Gasteiger charge is 2.44. The fraction of sp³-hybridized carbons (Fsp3) is 0.250. The molecule has 0 unspecified atom stereocenters. The Morgan fingerprint density at radius 3 is 2.35 bits per heavy atom. The summed E-state index contributed by atoms with van der Waals surface area (Å²) < 4.78 is 1.07. The zero-order valence-electron chi connectivity index (χ0n) is 14.2. The number of fused-ring (bicyclic) bond motifs is 1. The van der Waals surface area contributed by atoms with Crippen LogP contribution in [0.15, 0.2) is 64.2 Å². The van der Waals surface area contributed by atoms with Crippen LogP contribution in [0.2, 0.25) is 0 Å². The van der Waals surface area contributed by atoms with E-state index in [2.05, 4.69) is 22.5 Å². The number of nitrogens with zero attached hydrogens (tertiary/aromatic N) is 1. The van der Waals surface area contributed by atoms with Gasteiger partial charge in [0.05, 0.1) is 10.8 Å². The van der Waals surface area contributed by atoms with Gasteiger partial charge in [0, 0.05) is 12.0 Å². The highest BCUT2D eigenvalue weighted by molar-refractivity contribution is 5.81. The molecule has 0 aliphatic heterocycles. The Labute approximate surface area is 149 Å². The van der Waals surface area contributed by atoms with Gasteiger partial charge in [-0.3, -0.25) is 19.5 Å². The van der Waals surface area contributed by atoms with E-state index in [1.54, 1.807) is 24.3 Å². The van der Waals surface area contributed by atoms with Gasteiger partial charge >= 0.3 is 0 Å². The molecule has 1 saturated carbocycles. The molecule has 2 N–H and O–H groups in total. The average molecular weight is 349 g/mol. The molecule has 1 aromatic heterocycles. The van der Waals surface area contributed by atoms with Gasteiger partial charge in [0.2, 0.25) is 5.91 Å². The zero-order chi connectivity index (χ0) is 18.1. The Bertz CT molecular complexity index is 1080. The lowest BCUT2D eigenvalue weighted by molar-refractivity contribution is -0.122. The van der Waals surface area contributed by atoms with E-state index in [0.29, 0.717) is 17.3 Å². The van der Waals surface area contributed by atoms with Crippen molar-refractivity contribution >= 4 is 16.7 Å². The molecule has 132 valence electrons. The Hall–Kier alpha value is -3.15. The van der Waals surface area contributed by atoms with Crippen molar-refractivity contribution in [2.75, 3.05) is 6.54 Å². The van der Waals surface area contributed by atoms with E-state index in [9.17, 15) is 14.4 Å². The van der Waals surface area contributed by atoms with Crippen LogP contribution in [-0.4, -0.2) is 22.2 Å². The summed E-state index contributed by atoms with van der Waals surface area (Å²) >= 11 is 0. The average Bonchev–Trinajstić information content (AvgIpc) is 3.46. The molecule has 1 aliphatic carbocycles. The van der Waals surface area contributed by atoms with Crippen molar-refractivity contribution in [1.82, 2.24) is 15.1 Å². The van der Waals surface area contributed by atoms with Crippen molar-refractivity contribution in [3.05, 3.63) is 80.9 Å². The maximum Gasteiger partial charge on any atom is 0.273 e. The zero-order valence-corrected chi connectivity index (χ0v) is 14.2. The van der Waals surface area contributed by atoms with Crippen molar-refractivity contribution in [2.45, 2.75) is 24.8 Å². The first kappa shape index (κ1) is 16.3. The topological polar surface area (TPSA) is 84.0 Å². The molecule has 1 amide bonds. The molecule has 2 aromatic carbocycles. The van der Waals surface area contributed by atoms with E-state index in [0.717, 1.165) is 17.5 Å². The van der Waals surface area contributed by atoms with Gasteiger partial charge in [0.1, 0.15) is 6.54 Å². The number of aromatic amines is 1. The Balaban J connectivity index is 1.49. The second-order valence-electron chi connectivity index (χ2n) is 6.80. The summed E-state index contributed by atoms with van der Waals surface area (Å²) in [5, 5.41) is 6.03. The second-order valence-corrected chi connectivity index (χ2v) is 6.80. The third kappa shape index (κ3) is 2.94. The molecule has 0 spiro atoms. The predicted octanol–water partition coefficient (Wildman–Crippen LogP) is 1.54. The molecule has 3 aromatic rings. The minimum absolute atomic E-state index is 0.00131. The number of benzene rings is 2. The molecular formula is C20H19N3O3. The molecule has 0 radical (unpaired) electrons. The van der Waals surface area contributed by atoms with Crippen molar-refractivity contribution in [2.24, 2.45) is 0 Å². The third-order valence-corrected chi connectivity index (χ3v) is 5.05. The number of carbonyl (C=O) groups is 1. The fourth-order valence-corrected chi connectivity index (χ4v) is 3.34. The summed E-state index contributed by atoms with van der Waals surface area (Å²) in [6.07, 6.45) is 2.06. The number of carbonyl (C=O) groups excluding carboxylic acids is 1. The van der Waals surface area contributed by atoms with Gasteiger partial charge in [-0.1, -0.05) is 42.5 Å². The van der Waals surface area contributed by atoms with Crippen LogP contribution in [0, 0.1) is 0 Å². The summed E-state index contributed by atoms with van der Waals surface area (Å²) in [5.74, 6) is -0.291. The lowest BCUT2D eigenvalue weighted by atomic mass is 9.96. The van der Waals surface area contributed by atoms with Crippen LogP contribution in [0.1, 0.15) is 18.4 Å². The first-order chi connectivity index (χ1) is 12.6. The minimum Gasteiger partial charge on any atom is -0.354 e. The van der Waals surface area contributed by atoms with Gasteiger partial charge in [-0.2, -0.15) is 0 Å². The highest BCUT2D eigenvalue weighted by Crippen LogP contribution is 2.47. The normalized spacial score (nSPS) is 14.9. The van der Waals surface area contributed by atoms with Crippen molar-refractivity contribution < 1.29 is 4.79 Å². The summed E-state index contributed by atoms with van der Waals surface area (Å²) in [5.41, 5.74) is 0.464. The van der Waals surface area contributed by atoms with Crippen molar-refractivity contribution in [3.63, 3.8) is 0 Å².